The third-order valence-electron chi connectivity index (χ3n) is 2.31. The molecule has 1 atom stereocenters. The first-order chi connectivity index (χ1) is 5.68. The van der Waals surface area contributed by atoms with Crippen molar-refractivity contribution in [3.05, 3.63) is 34.1 Å². The average Bonchev–Trinajstić information content (AvgIpc) is 2.35. The van der Waals surface area contributed by atoms with Crippen LogP contribution in [0.25, 0.3) is 0 Å². The molecule has 0 spiro atoms. The van der Waals surface area contributed by atoms with Gasteiger partial charge < -0.3 is 5.73 Å². The van der Waals surface area contributed by atoms with Crippen LogP contribution in [0, 0.1) is 5.82 Å². The molecule has 1 unspecified atom stereocenters. The van der Waals surface area contributed by atoms with Crippen LogP contribution in [0.4, 0.5) is 4.39 Å². The second-order valence-electron chi connectivity index (χ2n) is 3.11. The summed E-state index contributed by atoms with van der Waals surface area (Å²) in [7, 11) is 0. The number of halogens is 3. The first-order valence-electron chi connectivity index (χ1n) is 3.92. The summed E-state index contributed by atoms with van der Waals surface area (Å²) in [6, 6.07) is 3.17. The van der Waals surface area contributed by atoms with Crippen LogP contribution in [-0.4, -0.2) is 0 Å². The Morgan fingerprint density at radius 2 is 2.15 bits per heavy atom. The van der Waals surface area contributed by atoms with E-state index in [-0.39, 0.29) is 29.3 Å². The van der Waals surface area contributed by atoms with Gasteiger partial charge in [0.2, 0.25) is 0 Å². The molecule has 0 bridgehead atoms. The second-order valence-corrected chi connectivity index (χ2v) is 3.52. The molecule has 0 saturated carbocycles. The molecule has 0 fully saturated rings. The van der Waals surface area contributed by atoms with Gasteiger partial charge in [-0.15, -0.1) is 12.4 Å². The molecule has 0 radical (unpaired) electrons. The molecule has 0 amide bonds. The zero-order chi connectivity index (χ0) is 8.72. The molecule has 4 heteroatoms. The Hall–Kier alpha value is -0.310. The highest BCUT2D eigenvalue weighted by molar-refractivity contribution is 6.30. The van der Waals surface area contributed by atoms with E-state index in [0.717, 1.165) is 24.0 Å². The predicted octanol–water partition coefficient (Wildman–Crippen LogP) is 2.85. The standard InChI is InChI=1S/C9H9ClFN.ClH/c10-7-4-6-5(3-8(7)11)1-2-9(6)12;/h3-4,9H,1-2,12H2;1H. The van der Waals surface area contributed by atoms with Gasteiger partial charge in [-0.2, -0.15) is 0 Å². The number of fused-ring (bicyclic) bond motifs is 1. The Labute approximate surface area is 87.5 Å². The highest BCUT2D eigenvalue weighted by Crippen LogP contribution is 2.32. The maximum atomic E-state index is 12.9. The minimum absolute atomic E-state index is 0. The summed E-state index contributed by atoms with van der Waals surface area (Å²) in [5, 5.41) is 0.172. The van der Waals surface area contributed by atoms with Crippen molar-refractivity contribution in [2.24, 2.45) is 5.73 Å². The number of rotatable bonds is 0. The smallest absolute Gasteiger partial charge is 0.142 e. The zero-order valence-corrected chi connectivity index (χ0v) is 8.46. The van der Waals surface area contributed by atoms with Crippen LogP contribution in [0.15, 0.2) is 12.1 Å². The lowest BCUT2D eigenvalue weighted by Gasteiger charge is -2.04. The minimum atomic E-state index is -0.343. The van der Waals surface area contributed by atoms with E-state index in [1.807, 2.05) is 0 Å². The molecule has 2 rings (SSSR count). The first kappa shape index (κ1) is 10.8. The van der Waals surface area contributed by atoms with E-state index in [0.29, 0.717) is 0 Å². The fourth-order valence-electron chi connectivity index (χ4n) is 1.63. The highest BCUT2D eigenvalue weighted by atomic mass is 35.5. The van der Waals surface area contributed by atoms with E-state index < -0.39 is 0 Å². The van der Waals surface area contributed by atoms with Crippen LogP contribution in [-0.2, 0) is 6.42 Å². The SMILES string of the molecule is Cl.NC1CCc2cc(F)c(Cl)cc21. The number of nitrogens with two attached hydrogens (primary N) is 1. The molecule has 13 heavy (non-hydrogen) atoms. The van der Waals surface area contributed by atoms with Crippen molar-refractivity contribution in [3.8, 4) is 0 Å². The van der Waals surface area contributed by atoms with E-state index in [1.165, 1.54) is 6.07 Å². The summed E-state index contributed by atoms with van der Waals surface area (Å²) in [6.45, 7) is 0. The summed E-state index contributed by atoms with van der Waals surface area (Å²) in [4.78, 5) is 0. The van der Waals surface area contributed by atoms with E-state index in [4.69, 9.17) is 17.3 Å². The Bertz CT molecular complexity index is 328. The fraction of sp³-hybridized carbons (Fsp3) is 0.333. The molecule has 1 aromatic carbocycles. The van der Waals surface area contributed by atoms with Gasteiger partial charge in [-0.05, 0) is 36.1 Å². The van der Waals surface area contributed by atoms with Crippen LogP contribution in [0.2, 0.25) is 5.02 Å². The van der Waals surface area contributed by atoms with Crippen LogP contribution < -0.4 is 5.73 Å². The van der Waals surface area contributed by atoms with Gasteiger partial charge in [0.1, 0.15) is 5.82 Å². The van der Waals surface area contributed by atoms with Gasteiger partial charge in [-0.3, -0.25) is 0 Å². The molecule has 0 aromatic heterocycles. The van der Waals surface area contributed by atoms with Crippen molar-refractivity contribution in [2.45, 2.75) is 18.9 Å². The summed E-state index contributed by atoms with van der Waals surface area (Å²) in [5.41, 5.74) is 7.79. The van der Waals surface area contributed by atoms with E-state index in [2.05, 4.69) is 0 Å². The van der Waals surface area contributed by atoms with E-state index >= 15 is 0 Å². The molecule has 0 saturated heterocycles. The van der Waals surface area contributed by atoms with Crippen molar-refractivity contribution in [2.75, 3.05) is 0 Å². The van der Waals surface area contributed by atoms with Gasteiger partial charge >= 0.3 is 0 Å². The number of benzene rings is 1. The predicted molar refractivity (Wildman–Crippen MR) is 53.9 cm³/mol. The summed E-state index contributed by atoms with van der Waals surface area (Å²) >= 11 is 5.63. The Balaban J connectivity index is 0.000000845. The Morgan fingerprint density at radius 3 is 2.85 bits per heavy atom. The molecule has 1 aliphatic rings. The molecule has 0 aliphatic heterocycles. The molecule has 0 heterocycles. The van der Waals surface area contributed by atoms with Crippen LogP contribution >= 0.6 is 24.0 Å². The van der Waals surface area contributed by atoms with Gasteiger partial charge in [0, 0.05) is 6.04 Å². The molecule has 1 aliphatic carbocycles. The van der Waals surface area contributed by atoms with Gasteiger partial charge in [0.25, 0.3) is 0 Å². The van der Waals surface area contributed by atoms with Gasteiger partial charge in [-0.25, -0.2) is 4.39 Å². The van der Waals surface area contributed by atoms with Gasteiger partial charge in [0.05, 0.1) is 5.02 Å². The lowest BCUT2D eigenvalue weighted by molar-refractivity contribution is 0.626. The Morgan fingerprint density at radius 1 is 1.46 bits per heavy atom. The second kappa shape index (κ2) is 3.82. The molecule has 1 aromatic rings. The maximum absolute atomic E-state index is 12.9. The lowest BCUT2D eigenvalue weighted by atomic mass is 10.1. The van der Waals surface area contributed by atoms with Crippen molar-refractivity contribution >= 4 is 24.0 Å². The molecule has 2 N–H and O–H groups in total. The number of hydrogen-bond donors (Lipinski definition) is 1. The maximum Gasteiger partial charge on any atom is 0.142 e. The van der Waals surface area contributed by atoms with Crippen LogP contribution in [0.1, 0.15) is 23.6 Å². The summed E-state index contributed by atoms with van der Waals surface area (Å²) in [6.07, 6.45) is 1.76. The monoisotopic (exact) mass is 221 g/mol. The van der Waals surface area contributed by atoms with Crippen molar-refractivity contribution in [1.29, 1.82) is 0 Å². The summed E-state index contributed by atoms with van der Waals surface area (Å²) in [5.74, 6) is -0.343. The van der Waals surface area contributed by atoms with Gasteiger partial charge in [-0.1, -0.05) is 11.6 Å². The minimum Gasteiger partial charge on any atom is -0.324 e. The largest absolute Gasteiger partial charge is 0.324 e. The van der Waals surface area contributed by atoms with Crippen molar-refractivity contribution < 1.29 is 4.39 Å². The highest BCUT2D eigenvalue weighted by Gasteiger charge is 2.20. The molecular formula is C9H10Cl2FN. The van der Waals surface area contributed by atoms with Crippen molar-refractivity contribution in [1.82, 2.24) is 0 Å². The topological polar surface area (TPSA) is 26.0 Å². The number of hydrogen-bond acceptors (Lipinski definition) is 1. The van der Waals surface area contributed by atoms with Gasteiger partial charge in [0.15, 0.2) is 0 Å². The molecule has 72 valence electrons. The number of aryl methyl sites for hydroxylation is 1. The first-order valence-corrected chi connectivity index (χ1v) is 4.29. The van der Waals surface area contributed by atoms with E-state index in [1.54, 1.807) is 6.07 Å². The third kappa shape index (κ3) is 1.80. The third-order valence-corrected chi connectivity index (χ3v) is 2.60. The fourth-order valence-corrected chi connectivity index (χ4v) is 1.80. The molecular weight excluding hydrogens is 212 g/mol. The lowest BCUT2D eigenvalue weighted by Crippen LogP contribution is -2.05. The van der Waals surface area contributed by atoms with Crippen LogP contribution in [0.3, 0.4) is 0 Å². The zero-order valence-electron chi connectivity index (χ0n) is 6.89. The van der Waals surface area contributed by atoms with Crippen LogP contribution in [0.5, 0.6) is 0 Å². The summed E-state index contributed by atoms with van der Waals surface area (Å²) < 4.78 is 12.9. The Kier molecular flexibility index (Phi) is 3.17. The molecule has 1 nitrogen and oxygen atoms in total. The quantitative estimate of drug-likeness (QED) is 0.717. The normalized spacial score (nSPS) is 19.5. The van der Waals surface area contributed by atoms with Crippen molar-refractivity contribution in [3.63, 3.8) is 0 Å². The average molecular weight is 222 g/mol. The van der Waals surface area contributed by atoms with E-state index in [9.17, 15) is 4.39 Å².